The van der Waals surface area contributed by atoms with Crippen molar-refractivity contribution in [2.75, 3.05) is 12.0 Å². The number of thioether (sulfide) groups is 1. The van der Waals surface area contributed by atoms with E-state index in [0.717, 1.165) is 21.8 Å². The minimum atomic E-state index is -0.737. The van der Waals surface area contributed by atoms with E-state index in [1.807, 2.05) is 24.3 Å². The fourth-order valence-corrected chi connectivity index (χ4v) is 5.19. The first kappa shape index (κ1) is 19.8. The van der Waals surface area contributed by atoms with E-state index in [1.54, 1.807) is 24.3 Å². The first-order chi connectivity index (χ1) is 14.0. The normalized spacial score (nSPS) is 15.4. The Labute approximate surface area is 184 Å². The van der Waals surface area contributed by atoms with Gasteiger partial charge in [0.05, 0.1) is 17.8 Å². The van der Waals surface area contributed by atoms with Gasteiger partial charge in [0.2, 0.25) is 5.04 Å². The zero-order chi connectivity index (χ0) is 20.5. The molecule has 0 N–H and O–H groups in total. The Hall–Kier alpha value is -2.46. The summed E-state index contributed by atoms with van der Waals surface area (Å²) in [5, 5.41) is 4.74. The Morgan fingerprint density at radius 1 is 1.17 bits per heavy atom. The molecular weight excluding hydrogens is 452 g/mol. The van der Waals surface area contributed by atoms with Crippen LogP contribution in [0.2, 0.25) is 5.02 Å². The van der Waals surface area contributed by atoms with E-state index in [9.17, 15) is 9.59 Å². The fraction of sp³-hybridized carbons (Fsp3) is 0.0526. The van der Waals surface area contributed by atoms with E-state index in [4.69, 9.17) is 33.4 Å². The number of fused-ring (bicyclic) bond motifs is 1. The van der Waals surface area contributed by atoms with Crippen LogP contribution < -0.4 is 9.64 Å². The molecule has 1 aliphatic heterocycles. The average Bonchev–Trinajstić information content (AvgIpc) is 3.22. The predicted octanol–water partition coefficient (Wildman–Crippen LogP) is 5.10. The highest BCUT2D eigenvalue weighted by atomic mass is 35.5. The molecule has 0 spiro atoms. The lowest BCUT2D eigenvalue weighted by atomic mass is 10.2. The second kappa shape index (κ2) is 8.11. The highest BCUT2D eigenvalue weighted by molar-refractivity contribution is 8.35. The third-order valence-corrected chi connectivity index (χ3v) is 6.90. The molecule has 10 heteroatoms. The van der Waals surface area contributed by atoms with Crippen LogP contribution in [0.25, 0.3) is 10.1 Å². The molecule has 6 nitrogen and oxygen atoms in total. The van der Waals surface area contributed by atoms with Gasteiger partial charge >= 0.3 is 5.97 Å². The van der Waals surface area contributed by atoms with Gasteiger partial charge in [-0.2, -0.15) is 0 Å². The van der Waals surface area contributed by atoms with Crippen molar-refractivity contribution in [1.82, 2.24) is 0 Å². The predicted molar refractivity (Wildman–Crippen MR) is 120 cm³/mol. The number of halogens is 1. The van der Waals surface area contributed by atoms with Crippen molar-refractivity contribution in [2.45, 2.75) is 0 Å². The number of amides is 1. The summed E-state index contributed by atoms with van der Waals surface area (Å²) in [6, 6.07) is 14.3. The molecule has 1 fully saturated rings. The molecule has 0 radical (unpaired) electrons. The van der Waals surface area contributed by atoms with Gasteiger partial charge in [0, 0.05) is 10.1 Å². The molecule has 0 saturated carbocycles. The highest BCUT2D eigenvalue weighted by Crippen LogP contribution is 2.37. The molecule has 0 aliphatic carbocycles. The van der Waals surface area contributed by atoms with Crippen molar-refractivity contribution < 1.29 is 19.2 Å². The number of hydrogen-bond donors (Lipinski definition) is 0. The Balaban J connectivity index is 1.57. The van der Waals surface area contributed by atoms with Crippen LogP contribution in [0.4, 0.5) is 5.69 Å². The minimum Gasteiger partial charge on any atom is -0.495 e. The van der Waals surface area contributed by atoms with Crippen LogP contribution in [-0.4, -0.2) is 28.4 Å². The van der Waals surface area contributed by atoms with Gasteiger partial charge in [-0.1, -0.05) is 59.3 Å². The smallest absolute Gasteiger partial charge is 0.377 e. The monoisotopic (exact) mass is 462 g/mol. The summed E-state index contributed by atoms with van der Waals surface area (Å²) >= 11 is 13.7. The number of rotatable bonds is 4. The van der Waals surface area contributed by atoms with Crippen molar-refractivity contribution in [3.63, 3.8) is 0 Å². The van der Waals surface area contributed by atoms with Gasteiger partial charge in [-0.3, -0.25) is 9.69 Å². The molecular formula is C19H11ClN2O4S3. The molecule has 1 saturated heterocycles. The summed E-state index contributed by atoms with van der Waals surface area (Å²) < 4.78 is 6.40. The van der Waals surface area contributed by atoms with Crippen molar-refractivity contribution >= 4 is 83.9 Å². The van der Waals surface area contributed by atoms with E-state index >= 15 is 0 Å². The van der Waals surface area contributed by atoms with Crippen LogP contribution in [-0.2, 0) is 9.63 Å². The number of hydrogen-bond acceptors (Lipinski definition) is 8. The number of ether oxygens (including phenoxy) is 1. The van der Waals surface area contributed by atoms with E-state index in [2.05, 4.69) is 5.16 Å². The van der Waals surface area contributed by atoms with Gasteiger partial charge in [0.25, 0.3) is 5.91 Å². The highest BCUT2D eigenvalue weighted by Gasteiger charge is 2.37. The third kappa shape index (κ3) is 3.62. The van der Waals surface area contributed by atoms with Gasteiger partial charge in [-0.05, 0) is 30.0 Å². The molecule has 4 rings (SSSR count). The number of carbonyl (C=O) groups excluding carboxylic acids is 2. The lowest BCUT2D eigenvalue weighted by Gasteiger charge is -2.17. The molecule has 146 valence electrons. The van der Waals surface area contributed by atoms with Gasteiger partial charge in [0.1, 0.15) is 10.6 Å². The van der Waals surface area contributed by atoms with Crippen molar-refractivity contribution in [2.24, 2.45) is 5.16 Å². The molecule has 29 heavy (non-hydrogen) atoms. The van der Waals surface area contributed by atoms with E-state index in [0.29, 0.717) is 16.5 Å². The Morgan fingerprint density at radius 2 is 1.90 bits per heavy atom. The number of carbonyl (C=O) groups is 2. The number of oxime groups is 1. The van der Waals surface area contributed by atoms with E-state index in [1.165, 1.54) is 23.3 Å². The summed E-state index contributed by atoms with van der Waals surface area (Å²) in [6.45, 7) is 0. The van der Waals surface area contributed by atoms with E-state index < -0.39 is 11.9 Å². The number of thiophene rings is 1. The molecule has 1 amide bonds. The van der Waals surface area contributed by atoms with Crippen LogP contribution in [0.1, 0.15) is 9.67 Å². The SMILES string of the molecule is COc1ccccc1N1C(=O)/C(=N/OC(=O)c2sc3ccccc3c2Cl)SC1=S. The lowest BCUT2D eigenvalue weighted by molar-refractivity contribution is -0.111. The zero-order valence-electron chi connectivity index (χ0n) is 14.7. The van der Waals surface area contributed by atoms with Crippen molar-refractivity contribution in [1.29, 1.82) is 0 Å². The first-order valence-electron chi connectivity index (χ1n) is 8.17. The fourth-order valence-electron chi connectivity index (χ4n) is 2.70. The van der Waals surface area contributed by atoms with Gasteiger partial charge in [0.15, 0.2) is 4.32 Å². The summed E-state index contributed by atoms with van der Waals surface area (Å²) in [5.41, 5.74) is 0.488. The van der Waals surface area contributed by atoms with Crippen LogP contribution in [0.5, 0.6) is 5.75 Å². The van der Waals surface area contributed by atoms with Gasteiger partial charge < -0.3 is 9.57 Å². The standard InChI is InChI=1S/C19H11ClN2O4S3/c1-25-12-8-4-3-7-11(12)22-17(23)16(29-19(22)27)21-26-18(24)15-14(20)10-6-2-5-9-13(10)28-15/h2-9H,1H3/b21-16-. The quantitative estimate of drug-likeness (QED) is 0.305. The lowest BCUT2D eigenvalue weighted by Crippen LogP contribution is -2.30. The molecule has 3 aromatic rings. The Bertz CT molecular complexity index is 1190. The largest absolute Gasteiger partial charge is 0.495 e. The topological polar surface area (TPSA) is 68.2 Å². The number of methoxy groups -OCH3 is 1. The maximum Gasteiger partial charge on any atom is 0.377 e. The number of anilines is 1. The van der Waals surface area contributed by atoms with Gasteiger partial charge in [-0.25, -0.2) is 4.79 Å². The van der Waals surface area contributed by atoms with Crippen LogP contribution in [0, 0.1) is 0 Å². The number of thiocarbonyl (C=S) groups is 1. The second-order valence-electron chi connectivity index (χ2n) is 5.70. The van der Waals surface area contributed by atoms with Gasteiger partial charge in [-0.15, -0.1) is 11.3 Å². The second-order valence-corrected chi connectivity index (χ2v) is 8.75. The van der Waals surface area contributed by atoms with Crippen LogP contribution >= 0.6 is 46.9 Å². The zero-order valence-corrected chi connectivity index (χ0v) is 18.0. The molecule has 1 aromatic heterocycles. The summed E-state index contributed by atoms with van der Waals surface area (Å²) in [7, 11) is 1.50. The molecule has 2 aromatic carbocycles. The third-order valence-electron chi connectivity index (χ3n) is 4.01. The number of para-hydroxylation sites is 2. The first-order valence-corrected chi connectivity index (χ1v) is 10.6. The van der Waals surface area contributed by atoms with E-state index in [-0.39, 0.29) is 14.2 Å². The molecule has 0 bridgehead atoms. The number of nitrogens with zero attached hydrogens (tertiary/aromatic N) is 2. The molecule has 0 atom stereocenters. The minimum absolute atomic E-state index is 0.0495. The molecule has 1 aliphatic rings. The number of benzene rings is 2. The molecule has 0 unspecified atom stereocenters. The Morgan fingerprint density at radius 3 is 2.66 bits per heavy atom. The molecule has 2 heterocycles. The average molecular weight is 463 g/mol. The van der Waals surface area contributed by atoms with Crippen LogP contribution in [0.3, 0.4) is 0 Å². The van der Waals surface area contributed by atoms with Crippen molar-refractivity contribution in [3.05, 3.63) is 58.4 Å². The maximum atomic E-state index is 12.8. The van der Waals surface area contributed by atoms with Crippen LogP contribution in [0.15, 0.2) is 53.7 Å². The van der Waals surface area contributed by atoms with Crippen molar-refractivity contribution in [3.8, 4) is 5.75 Å². The maximum absolute atomic E-state index is 12.8. The Kier molecular flexibility index (Phi) is 5.55. The summed E-state index contributed by atoms with van der Waals surface area (Å²) in [5.74, 6) is -0.752. The summed E-state index contributed by atoms with van der Waals surface area (Å²) in [6.07, 6.45) is 0. The summed E-state index contributed by atoms with van der Waals surface area (Å²) in [4.78, 5) is 31.7.